The highest BCUT2D eigenvalue weighted by atomic mass is 32.2. The van der Waals surface area contributed by atoms with Gasteiger partial charge >= 0.3 is 6.18 Å². The maximum atomic E-state index is 13.6. The van der Waals surface area contributed by atoms with Crippen molar-refractivity contribution in [2.75, 3.05) is 19.0 Å². The summed E-state index contributed by atoms with van der Waals surface area (Å²) in [5.41, 5.74) is -0.0637. The Morgan fingerprint density at radius 3 is 2.32 bits per heavy atom. The standard InChI is InChI=1S/C27H31F3N2O5S/c1-3-21-12-13-23(32(21)26(34)18-6-5-7-22(14-18)38(35,36)4-2)25(33)31-24(19-15-37-16-19)17-8-10-20(11-9-17)27(28,29)30/h5-11,14,19,21,23-24H,3-4,12-13,15-16H2,1-2H3,(H,31,33)/t21-,23-,24?/m1/s1. The summed E-state index contributed by atoms with van der Waals surface area (Å²) in [7, 11) is -3.52. The van der Waals surface area contributed by atoms with E-state index in [1.807, 2.05) is 6.92 Å². The molecule has 0 spiro atoms. The molecule has 2 aliphatic rings. The van der Waals surface area contributed by atoms with E-state index in [1.165, 1.54) is 48.2 Å². The van der Waals surface area contributed by atoms with Crippen LogP contribution in [0.4, 0.5) is 13.2 Å². The molecule has 2 aromatic carbocycles. The molecule has 0 aliphatic carbocycles. The number of amides is 2. The number of likely N-dealkylation sites (tertiary alicyclic amines) is 1. The summed E-state index contributed by atoms with van der Waals surface area (Å²) in [6, 6.07) is 8.96. The van der Waals surface area contributed by atoms with Gasteiger partial charge in [0.25, 0.3) is 5.91 Å². The van der Waals surface area contributed by atoms with Crippen LogP contribution in [-0.4, -0.2) is 56.2 Å². The molecule has 38 heavy (non-hydrogen) atoms. The van der Waals surface area contributed by atoms with Gasteiger partial charge in [-0.25, -0.2) is 8.42 Å². The first kappa shape index (κ1) is 28.1. The molecule has 2 fully saturated rings. The zero-order valence-electron chi connectivity index (χ0n) is 21.2. The minimum atomic E-state index is -4.47. The maximum absolute atomic E-state index is 13.6. The van der Waals surface area contributed by atoms with Crippen LogP contribution in [0.2, 0.25) is 0 Å². The Morgan fingerprint density at radius 1 is 1.08 bits per heavy atom. The number of nitrogens with zero attached hydrogens (tertiary/aromatic N) is 1. The molecular weight excluding hydrogens is 521 g/mol. The third kappa shape index (κ3) is 5.73. The van der Waals surface area contributed by atoms with Crippen LogP contribution in [-0.2, 0) is 25.5 Å². The van der Waals surface area contributed by atoms with E-state index in [1.54, 1.807) is 0 Å². The van der Waals surface area contributed by atoms with Crippen LogP contribution in [0.3, 0.4) is 0 Å². The van der Waals surface area contributed by atoms with E-state index in [0.29, 0.717) is 38.0 Å². The molecule has 206 valence electrons. The van der Waals surface area contributed by atoms with Crippen molar-refractivity contribution < 1.29 is 35.9 Å². The summed E-state index contributed by atoms with van der Waals surface area (Å²) in [5, 5.41) is 2.97. The number of rotatable bonds is 8. The Morgan fingerprint density at radius 2 is 1.76 bits per heavy atom. The molecular formula is C27H31F3N2O5S. The number of hydrogen-bond acceptors (Lipinski definition) is 5. The third-order valence-electron chi connectivity index (χ3n) is 7.36. The maximum Gasteiger partial charge on any atom is 0.416 e. The monoisotopic (exact) mass is 552 g/mol. The van der Waals surface area contributed by atoms with Gasteiger partial charge < -0.3 is 15.0 Å². The number of halogens is 3. The van der Waals surface area contributed by atoms with Gasteiger partial charge in [-0.1, -0.05) is 32.0 Å². The van der Waals surface area contributed by atoms with Crippen molar-refractivity contribution in [2.45, 2.75) is 62.3 Å². The smallest absolute Gasteiger partial charge is 0.381 e. The van der Waals surface area contributed by atoms with Gasteiger partial charge in [0, 0.05) is 17.5 Å². The molecule has 2 saturated heterocycles. The van der Waals surface area contributed by atoms with Gasteiger partial charge in [0.05, 0.1) is 35.5 Å². The molecule has 7 nitrogen and oxygen atoms in total. The minimum absolute atomic E-state index is 0.0476. The molecule has 2 aliphatic heterocycles. The number of hydrogen-bond donors (Lipinski definition) is 1. The average molecular weight is 553 g/mol. The van der Waals surface area contributed by atoms with Crippen LogP contribution in [0.25, 0.3) is 0 Å². The number of benzene rings is 2. The fourth-order valence-electron chi connectivity index (χ4n) is 5.04. The van der Waals surface area contributed by atoms with Crippen molar-refractivity contribution in [3.63, 3.8) is 0 Å². The van der Waals surface area contributed by atoms with E-state index in [2.05, 4.69) is 5.32 Å². The number of nitrogens with one attached hydrogen (secondary N) is 1. The Hall–Kier alpha value is -2.92. The number of ether oxygens (including phenoxy) is 1. The molecule has 0 aromatic heterocycles. The normalized spacial score (nSPS) is 21.1. The highest BCUT2D eigenvalue weighted by Gasteiger charge is 2.42. The van der Waals surface area contributed by atoms with Crippen molar-refractivity contribution in [1.82, 2.24) is 10.2 Å². The minimum Gasteiger partial charge on any atom is -0.381 e. The van der Waals surface area contributed by atoms with E-state index < -0.39 is 45.5 Å². The van der Waals surface area contributed by atoms with Crippen LogP contribution in [0.15, 0.2) is 53.4 Å². The molecule has 0 radical (unpaired) electrons. The first-order valence-electron chi connectivity index (χ1n) is 12.7. The zero-order chi connectivity index (χ0) is 27.7. The molecule has 0 saturated carbocycles. The molecule has 2 amide bonds. The molecule has 1 N–H and O–H groups in total. The summed E-state index contributed by atoms with van der Waals surface area (Å²) in [4.78, 5) is 28.7. The summed E-state index contributed by atoms with van der Waals surface area (Å²) in [6.45, 7) is 4.16. The van der Waals surface area contributed by atoms with E-state index >= 15 is 0 Å². The summed E-state index contributed by atoms with van der Waals surface area (Å²) in [6.07, 6.45) is -2.83. The van der Waals surface area contributed by atoms with Crippen LogP contribution in [0.1, 0.15) is 60.6 Å². The Bertz CT molecular complexity index is 1280. The van der Waals surface area contributed by atoms with Gasteiger partial charge in [-0.05, 0) is 55.2 Å². The zero-order valence-corrected chi connectivity index (χ0v) is 22.0. The van der Waals surface area contributed by atoms with Gasteiger partial charge in [-0.15, -0.1) is 0 Å². The fourth-order valence-corrected chi connectivity index (χ4v) is 5.96. The summed E-state index contributed by atoms with van der Waals surface area (Å²) >= 11 is 0. The topological polar surface area (TPSA) is 92.8 Å². The van der Waals surface area contributed by atoms with E-state index in [4.69, 9.17) is 4.74 Å². The number of alkyl halides is 3. The number of carbonyl (C=O) groups excluding carboxylic acids is 2. The lowest BCUT2D eigenvalue weighted by atomic mass is 9.90. The predicted octanol–water partition coefficient (Wildman–Crippen LogP) is 4.39. The molecule has 4 rings (SSSR count). The van der Waals surface area contributed by atoms with Crippen molar-refractivity contribution in [2.24, 2.45) is 5.92 Å². The van der Waals surface area contributed by atoms with Gasteiger partial charge in [0.2, 0.25) is 5.91 Å². The lowest BCUT2D eigenvalue weighted by Gasteiger charge is -2.36. The second kappa shape index (κ2) is 11.1. The molecule has 2 heterocycles. The summed E-state index contributed by atoms with van der Waals surface area (Å²) < 4.78 is 69.1. The first-order valence-corrected chi connectivity index (χ1v) is 14.3. The van der Waals surface area contributed by atoms with E-state index in [-0.39, 0.29) is 28.2 Å². The lowest BCUT2D eigenvalue weighted by Crippen LogP contribution is -2.51. The highest BCUT2D eigenvalue weighted by molar-refractivity contribution is 7.91. The van der Waals surface area contributed by atoms with Gasteiger partial charge in [-0.2, -0.15) is 13.2 Å². The van der Waals surface area contributed by atoms with Crippen LogP contribution < -0.4 is 5.32 Å². The van der Waals surface area contributed by atoms with Crippen molar-refractivity contribution in [1.29, 1.82) is 0 Å². The fraction of sp³-hybridized carbons (Fsp3) is 0.481. The quantitative estimate of drug-likeness (QED) is 0.525. The van der Waals surface area contributed by atoms with Crippen LogP contribution in [0, 0.1) is 5.92 Å². The Kier molecular flexibility index (Phi) is 8.17. The lowest BCUT2D eigenvalue weighted by molar-refractivity contribution is -0.137. The molecule has 3 atom stereocenters. The highest BCUT2D eigenvalue weighted by Crippen LogP contribution is 2.34. The average Bonchev–Trinajstić information content (AvgIpc) is 3.31. The van der Waals surface area contributed by atoms with Gasteiger partial charge in [0.1, 0.15) is 6.04 Å². The van der Waals surface area contributed by atoms with Crippen molar-refractivity contribution in [3.05, 3.63) is 65.2 Å². The molecule has 11 heteroatoms. The van der Waals surface area contributed by atoms with Crippen molar-refractivity contribution in [3.8, 4) is 0 Å². The predicted molar refractivity (Wildman–Crippen MR) is 134 cm³/mol. The second-order valence-corrected chi connectivity index (χ2v) is 12.0. The Balaban J connectivity index is 1.58. The first-order chi connectivity index (χ1) is 18.0. The number of carbonyl (C=O) groups is 2. The molecule has 2 aromatic rings. The van der Waals surface area contributed by atoms with E-state index in [0.717, 1.165) is 12.1 Å². The number of sulfone groups is 1. The van der Waals surface area contributed by atoms with Gasteiger partial charge in [0.15, 0.2) is 9.84 Å². The van der Waals surface area contributed by atoms with Crippen molar-refractivity contribution >= 4 is 21.7 Å². The third-order valence-corrected chi connectivity index (χ3v) is 9.09. The second-order valence-electron chi connectivity index (χ2n) is 9.70. The Labute approximate surface area is 220 Å². The molecule has 1 unspecified atom stereocenters. The molecule has 0 bridgehead atoms. The largest absolute Gasteiger partial charge is 0.416 e. The van der Waals surface area contributed by atoms with Crippen LogP contribution >= 0.6 is 0 Å². The summed E-state index contributed by atoms with van der Waals surface area (Å²) in [5.74, 6) is -1.05. The SMILES string of the molecule is CC[C@@H]1CC[C@H](C(=O)NC(c2ccc(C(F)(F)F)cc2)C2COC2)N1C(=O)c1cccc(S(=O)(=O)CC)c1. The van der Waals surface area contributed by atoms with Crippen LogP contribution in [0.5, 0.6) is 0 Å². The van der Waals surface area contributed by atoms with Gasteiger partial charge in [-0.3, -0.25) is 9.59 Å². The van der Waals surface area contributed by atoms with E-state index in [9.17, 15) is 31.2 Å².